The lowest BCUT2D eigenvalue weighted by Crippen LogP contribution is -2.51. The van der Waals surface area contributed by atoms with E-state index in [4.69, 9.17) is 0 Å². The largest absolute Gasteiger partial charge is 0.530 e. The van der Waals surface area contributed by atoms with Crippen LogP contribution in [0.4, 0.5) is 0 Å². The van der Waals surface area contributed by atoms with E-state index >= 15 is 0 Å². The summed E-state index contributed by atoms with van der Waals surface area (Å²) in [4.78, 5) is 31.5. The lowest BCUT2D eigenvalue weighted by atomic mass is 9.89. The summed E-state index contributed by atoms with van der Waals surface area (Å²) in [6.45, 7) is 12.2. The molecule has 0 bridgehead atoms. The van der Waals surface area contributed by atoms with Gasteiger partial charge in [0.1, 0.15) is 0 Å². The molecular formula is C24H28O3Si. The van der Waals surface area contributed by atoms with Gasteiger partial charge in [0, 0.05) is 5.19 Å². The smallest absolute Gasteiger partial charge is 0.386 e. The molecule has 0 fully saturated rings. The van der Waals surface area contributed by atoms with Gasteiger partial charge in [-0.2, -0.15) is 0 Å². The van der Waals surface area contributed by atoms with E-state index in [0.29, 0.717) is 11.1 Å². The van der Waals surface area contributed by atoms with E-state index in [1.54, 1.807) is 0 Å². The molecule has 0 heterocycles. The average Bonchev–Trinajstić information content (AvgIpc) is 2.51. The summed E-state index contributed by atoms with van der Waals surface area (Å²) in [6.07, 6.45) is 0. The van der Waals surface area contributed by atoms with Crippen molar-refractivity contribution in [3.05, 3.63) is 75.8 Å². The minimum absolute atomic E-state index is 0.250. The Morgan fingerprint density at radius 3 is 1.18 bits per heavy atom. The van der Waals surface area contributed by atoms with Gasteiger partial charge in [0.25, 0.3) is 0 Å². The van der Waals surface area contributed by atoms with Crippen LogP contribution in [0.15, 0.2) is 42.5 Å². The quantitative estimate of drug-likeness (QED) is 0.591. The van der Waals surface area contributed by atoms with Gasteiger partial charge in [0.05, 0.1) is 0 Å². The molecule has 3 rings (SSSR count). The fourth-order valence-corrected chi connectivity index (χ4v) is 5.68. The molecule has 28 heavy (non-hydrogen) atoms. The zero-order valence-electron chi connectivity index (χ0n) is 17.4. The zero-order valence-corrected chi connectivity index (χ0v) is 18.4. The van der Waals surface area contributed by atoms with E-state index < -0.39 is 8.80 Å². The van der Waals surface area contributed by atoms with Crippen molar-refractivity contribution < 1.29 is 14.4 Å². The first-order valence-corrected chi connectivity index (χ1v) is 11.3. The maximum Gasteiger partial charge on any atom is 0.530 e. The van der Waals surface area contributed by atoms with Crippen LogP contribution in [0.2, 0.25) is 0 Å². The monoisotopic (exact) mass is 392 g/mol. The van der Waals surface area contributed by atoms with E-state index in [1.165, 1.54) is 0 Å². The van der Waals surface area contributed by atoms with Crippen LogP contribution in [0.5, 0.6) is 0 Å². The molecule has 0 unspecified atom stereocenters. The molecule has 0 aliphatic carbocycles. The van der Waals surface area contributed by atoms with Crippen molar-refractivity contribution in [3.63, 3.8) is 0 Å². The Labute approximate surface area is 168 Å². The molecule has 0 saturated carbocycles. The van der Waals surface area contributed by atoms with Gasteiger partial charge in [0.15, 0.2) is 0 Å². The third-order valence-electron chi connectivity index (χ3n) is 5.29. The first kappa shape index (κ1) is 20.5. The second-order valence-corrected chi connectivity index (χ2v) is 9.68. The number of aryl methyl sites for hydroxylation is 6. The molecule has 0 amide bonds. The fourth-order valence-electron chi connectivity index (χ4n) is 4.54. The molecule has 3 aromatic rings. The predicted molar refractivity (Wildman–Crippen MR) is 118 cm³/mol. The molecule has 0 atom stereocenters. The molecule has 0 aromatic heterocycles. The van der Waals surface area contributed by atoms with Crippen molar-refractivity contribution in [3.8, 4) is 22.3 Å². The summed E-state index contributed by atoms with van der Waals surface area (Å²) in [5, 5.41) is 0.250. The first-order valence-electron chi connectivity index (χ1n) is 9.47. The van der Waals surface area contributed by atoms with Gasteiger partial charge in [-0.1, -0.05) is 53.6 Å². The van der Waals surface area contributed by atoms with E-state index in [0.717, 1.165) is 44.5 Å². The van der Waals surface area contributed by atoms with Crippen molar-refractivity contribution in [1.82, 2.24) is 0 Å². The number of hydrogen-bond donors (Lipinski definition) is 3. The summed E-state index contributed by atoms with van der Waals surface area (Å²) in [5.74, 6) is 0. The van der Waals surface area contributed by atoms with Gasteiger partial charge < -0.3 is 14.4 Å². The van der Waals surface area contributed by atoms with E-state index in [2.05, 4.69) is 24.3 Å². The molecule has 4 heteroatoms. The Bertz CT molecular complexity index is 940. The summed E-state index contributed by atoms with van der Waals surface area (Å²) in [5.41, 5.74) is 9.76. The molecule has 0 radical (unpaired) electrons. The maximum atomic E-state index is 10.5. The summed E-state index contributed by atoms with van der Waals surface area (Å²) in [6, 6.07) is 14.0. The Balaban J connectivity index is 2.43. The van der Waals surface area contributed by atoms with Crippen LogP contribution in [0.25, 0.3) is 22.3 Å². The lowest BCUT2D eigenvalue weighted by molar-refractivity contribution is 0.250. The highest BCUT2D eigenvalue weighted by Gasteiger charge is 2.37. The van der Waals surface area contributed by atoms with Gasteiger partial charge in [-0.05, 0) is 86.1 Å². The molecular weight excluding hydrogens is 364 g/mol. The summed E-state index contributed by atoms with van der Waals surface area (Å²) < 4.78 is 0. The van der Waals surface area contributed by atoms with Crippen molar-refractivity contribution in [2.75, 3.05) is 0 Å². The molecule has 0 aliphatic rings. The first-order chi connectivity index (χ1) is 13.0. The van der Waals surface area contributed by atoms with Crippen molar-refractivity contribution in [1.29, 1.82) is 0 Å². The highest BCUT2D eigenvalue weighted by molar-refractivity contribution is 6.74. The average molecular weight is 393 g/mol. The standard InChI is InChI=1S/C24H28O3Si/c1-14-10-16(3)22(17(4)11-14)20-8-7-9-21(24(20)28(25,26)27)23-18(5)12-15(2)13-19(23)6/h7-13,25-27H,1-6H3. The predicted octanol–water partition coefficient (Wildman–Crippen LogP) is 3.99. The van der Waals surface area contributed by atoms with Crippen LogP contribution in [0, 0.1) is 41.5 Å². The van der Waals surface area contributed by atoms with Crippen LogP contribution in [0.1, 0.15) is 33.4 Å². The van der Waals surface area contributed by atoms with Crippen molar-refractivity contribution >= 4 is 14.0 Å². The van der Waals surface area contributed by atoms with Gasteiger partial charge in [-0.3, -0.25) is 0 Å². The molecule has 3 aromatic carbocycles. The molecule has 146 valence electrons. The van der Waals surface area contributed by atoms with Gasteiger partial charge in [-0.15, -0.1) is 0 Å². The van der Waals surface area contributed by atoms with Crippen LogP contribution in [0.3, 0.4) is 0 Å². The minimum Gasteiger partial charge on any atom is -0.386 e. The maximum absolute atomic E-state index is 10.5. The second-order valence-electron chi connectivity index (χ2n) is 7.91. The molecule has 3 nitrogen and oxygen atoms in total. The molecule has 3 N–H and O–H groups in total. The van der Waals surface area contributed by atoms with Crippen LogP contribution >= 0.6 is 0 Å². The SMILES string of the molecule is Cc1cc(C)c(-c2cccc(-c3c(C)cc(C)cc3C)c2[Si](O)(O)O)c(C)c1. The van der Waals surface area contributed by atoms with E-state index in [9.17, 15) is 14.4 Å². The molecule has 0 saturated heterocycles. The van der Waals surface area contributed by atoms with Crippen LogP contribution in [-0.4, -0.2) is 23.2 Å². The lowest BCUT2D eigenvalue weighted by Gasteiger charge is -2.24. The van der Waals surface area contributed by atoms with Crippen LogP contribution in [-0.2, 0) is 0 Å². The van der Waals surface area contributed by atoms with Crippen LogP contribution < -0.4 is 5.19 Å². The normalized spacial score (nSPS) is 11.8. The number of rotatable bonds is 3. The summed E-state index contributed by atoms with van der Waals surface area (Å²) in [7, 11) is -4.61. The van der Waals surface area contributed by atoms with E-state index in [-0.39, 0.29) is 5.19 Å². The Kier molecular flexibility index (Phi) is 5.34. The van der Waals surface area contributed by atoms with Crippen molar-refractivity contribution in [2.45, 2.75) is 41.5 Å². The summed E-state index contributed by atoms with van der Waals surface area (Å²) >= 11 is 0. The number of hydrogen-bond acceptors (Lipinski definition) is 3. The molecule has 0 spiro atoms. The Hall–Kier alpha value is -2.24. The second kappa shape index (κ2) is 7.30. The van der Waals surface area contributed by atoms with E-state index in [1.807, 2.05) is 59.7 Å². The molecule has 0 aliphatic heterocycles. The third kappa shape index (κ3) is 3.69. The third-order valence-corrected chi connectivity index (χ3v) is 6.50. The van der Waals surface area contributed by atoms with Gasteiger partial charge in [-0.25, -0.2) is 0 Å². The zero-order chi connectivity index (χ0) is 20.8. The van der Waals surface area contributed by atoms with Gasteiger partial charge >= 0.3 is 8.80 Å². The Morgan fingerprint density at radius 2 is 0.893 bits per heavy atom. The number of benzene rings is 3. The highest BCUT2D eigenvalue weighted by Crippen LogP contribution is 2.34. The Morgan fingerprint density at radius 1 is 0.571 bits per heavy atom. The topological polar surface area (TPSA) is 60.7 Å². The highest BCUT2D eigenvalue weighted by atomic mass is 28.4. The van der Waals surface area contributed by atoms with Gasteiger partial charge in [0.2, 0.25) is 0 Å². The van der Waals surface area contributed by atoms with Crippen molar-refractivity contribution in [2.24, 2.45) is 0 Å². The minimum atomic E-state index is -4.61. The fraction of sp³-hybridized carbons (Fsp3) is 0.250.